The van der Waals surface area contributed by atoms with E-state index in [4.69, 9.17) is 9.72 Å². The molecule has 0 amide bonds. The molecule has 0 atom stereocenters. The lowest BCUT2D eigenvalue weighted by molar-refractivity contribution is 0.318. The van der Waals surface area contributed by atoms with Gasteiger partial charge in [-0.2, -0.15) is 9.78 Å². The number of hydrogen-bond donors (Lipinski definition) is 0. The van der Waals surface area contributed by atoms with Gasteiger partial charge in [0, 0.05) is 13.2 Å². The average Bonchev–Trinajstić information content (AvgIpc) is 3.06. The number of benzene rings is 1. The van der Waals surface area contributed by atoms with E-state index in [1.54, 1.807) is 22.5 Å². The van der Waals surface area contributed by atoms with Crippen LogP contribution in [0.5, 0.6) is 5.75 Å². The van der Waals surface area contributed by atoms with Crippen LogP contribution in [-0.4, -0.2) is 30.9 Å². The van der Waals surface area contributed by atoms with Gasteiger partial charge in [-0.05, 0) is 37.6 Å². The van der Waals surface area contributed by atoms with Crippen LogP contribution in [0.15, 0.2) is 53.5 Å². The molecule has 0 aliphatic carbocycles. The van der Waals surface area contributed by atoms with Gasteiger partial charge in [-0.3, -0.25) is 9.36 Å². The molecule has 0 aliphatic rings. The molecule has 142 valence electrons. The first-order chi connectivity index (χ1) is 13.6. The van der Waals surface area contributed by atoms with Gasteiger partial charge in [0.1, 0.15) is 17.0 Å². The summed E-state index contributed by atoms with van der Waals surface area (Å²) in [6.07, 6.45) is 2.58. The first-order valence-corrected chi connectivity index (χ1v) is 9.21. The summed E-state index contributed by atoms with van der Waals surface area (Å²) < 4.78 is 9.04. The summed E-state index contributed by atoms with van der Waals surface area (Å²) in [6.45, 7) is 4.46. The molecule has 0 spiro atoms. The second-order valence-corrected chi connectivity index (χ2v) is 6.53. The molecule has 3 heterocycles. The number of aromatic nitrogens is 5. The highest BCUT2D eigenvalue weighted by atomic mass is 16.5. The Bertz CT molecular complexity index is 1190. The SMILES string of the molecule is CCCOc1ccccc1-c1nc2c(c(C)nn2-c2ccccn2)c(=O)n1C. The van der Waals surface area contributed by atoms with Crippen molar-refractivity contribution in [3.05, 3.63) is 64.7 Å². The van der Waals surface area contributed by atoms with E-state index in [9.17, 15) is 4.79 Å². The molecule has 4 rings (SSSR count). The topological polar surface area (TPSA) is 74.8 Å². The fourth-order valence-electron chi connectivity index (χ4n) is 3.18. The average molecular weight is 375 g/mol. The molecule has 0 fully saturated rings. The van der Waals surface area contributed by atoms with Crippen molar-refractivity contribution in [2.24, 2.45) is 7.05 Å². The van der Waals surface area contributed by atoms with E-state index in [-0.39, 0.29) is 5.56 Å². The maximum atomic E-state index is 13.1. The normalized spacial score (nSPS) is 11.1. The maximum Gasteiger partial charge on any atom is 0.264 e. The lowest BCUT2D eigenvalue weighted by atomic mass is 10.1. The van der Waals surface area contributed by atoms with Gasteiger partial charge in [-0.1, -0.05) is 25.1 Å². The summed E-state index contributed by atoms with van der Waals surface area (Å²) in [5, 5.41) is 5.01. The standard InChI is InChI=1S/C21H21N5O2/c1-4-13-28-16-10-6-5-9-15(16)19-23-20-18(21(27)25(19)3)14(2)24-26(20)17-11-7-8-12-22-17/h5-12H,4,13H2,1-3H3. The van der Waals surface area contributed by atoms with Crippen LogP contribution in [0, 0.1) is 6.92 Å². The van der Waals surface area contributed by atoms with Crippen LogP contribution in [-0.2, 0) is 7.05 Å². The highest BCUT2D eigenvalue weighted by Crippen LogP contribution is 2.29. The largest absolute Gasteiger partial charge is 0.493 e. The minimum atomic E-state index is -0.148. The molecular formula is C21H21N5O2. The zero-order chi connectivity index (χ0) is 19.7. The van der Waals surface area contributed by atoms with E-state index in [0.717, 1.165) is 12.0 Å². The van der Waals surface area contributed by atoms with Gasteiger partial charge >= 0.3 is 0 Å². The van der Waals surface area contributed by atoms with Gasteiger partial charge in [0.05, 0.1) is 17.9 Å². The highest BCUT2D eigenvalue weighted by Gasteiger charge is 2.20. The molecular weight excluding hydrogens is 354 g/mol. The molecule has 28 heavy (non-hydrogen) atoms. The van der Waals surface area contributed by atoms with Crippen LogP contribution >= 0.6 is 0 Å². The van der Waals surface area contributed by atoms with Crippen molar-refractivity contribution in [3.63, 3.8) is 0 Å². The summed E-state index contributed by atoms with van der Waals surface area (Å²) in [5.74, 6) is 1.84. The summed E-state index contributed by atoms with van der Waals surface area (Å²) in [7, 11) is 1.72. The Kier molecular flexibility index (Phi) is 4.65. The Morgan fingerprint density at radius 3 is 2.64 bits per heavy atom. The molecule has 0 aliphatic heterocycles. The molecule has 7 heteroatoms. The minimum absolute atomic E-state index is 0.148. The number of hydrogen-bond acceptors (Lipinski definition) is 5. The number of pyridine rings is 1. The third-order valence-electron chi connectivity index (χ3n) is 4.54. The van der Waals surface area contributed by atoms with Gasteiger partial charge in [0.15, 0.2) is 11.5 Å². The number of ether oxygens (including phenoxy) is 1. The fraction of sp³-hybridized carbons (Fsp3) is 0.238. The van der Waals surface area contributed by atoms with E-state index >= 15 is 0 Å². The fourth-order valence-corrected chi connectivity index (χ4v) is 3.18. The van der Waals surface area contributed by atoms with Crippen molar-refractivity contribution in [1.82, 2.24) is 24.3 Å². The van der Waals surface area contributed by atoms with Crippen LogP contribution in [0.3, 0.4) is 0 Å². The van der Waals surface area contributed by atoms with Crippen molar-refractivity contribution in [3.8, 4) is 23.0 Å². The number of aryl methyl sites for hydroxylation is 1. The zero-order valence-corrected chi connectivity index (χ0v) is 16.1. The lowest BCUT2D eigenvalue weighted by Crippen LogP contribution is -2.21. The Labute approximate surface area is 162 Å². The quantitative estimate of drug-likeness (QED) is 0.535. The predicted molar refractivity (Wildman–Crippen MR) is 108 cm³/mol. The first kappa shape index (κ1) is 17.9. The highest BCUT2D eigenvalue weighted by molar-refractivity contribution is 5.81. The number of rotatable bonds is 5. The summed E-state index contributed by atoms with van der Waals surface area (Å²) in [5.41, 5.74) is 1.73. The van der Waals surface area contributed by atoms with Gasteiger partial charge in [0.2, 0.25) is 0 Å². The molecule has 0 saturated carbocycles. The second-order valence-electron chi connectivity index (χ2n) is 6.53. The second kappa shape index (κ2) is 7.26. The van der Waals surface area contributed by atoms with Gasteiger partial charge in [-0.15, -0.1) is 0 Å². The number of nitrogens with zero attached hydrogens (tertiary/aromatic N) is 5. The molecule has 0 N–H and O–H groups in total. The molecule has 3 aromatic heterocycles. The molecule has 0 unspecified atom stereocenters. The monoisotopic (exact) mass is 375 g/mol. The Morgan fingerprint density at radius 2 is 1.89 bits per heavy atom. The van der Waals surface area contributed by atoms with Gasteiger partial charge < -0.3 is 4.74 Å². The van der Waals surface area contributed by atoms with Crippen molar-refractivity contribution in [1.29, 1.82) is 0 Å². The van der Waals surface area contributed by atoms with Crippen LogP contribution in [0.4, 0.5) is 0 Å². The molecule has 0 bridgehead atoms. The molecule has 0 radical (unpaired) electrons. The number of fused-ring (bicyclic) bond motifs is 1. The Balaban J connectivity index is 2.00. The van der Waals surface area contributed by atoms with E-state index < -0.39 is 0 Å². The van der Waals surface area contributed by atoms with Crippen molar-refractivity contribution >= 4 is 11.0 Å². The third kappa shape index (κ3) is 2.94. The van der Waals surface area contributed by atoms with Crippen LogP contribution in [0.2, 0.25) is 0 Å². The van der Waals surface area contributed by atoms with E-state index in [1.807, 2.05) is 49.4 Å². The van der Waals surface area contributed by atoms with E-state index in [2.05, 4.69) is 17.0 Å². The smallest absolute Gasteiger partial charge is 0.264 e. The summed E-state index contributed by atoms with van der Waals surface area (Å²) in [6, 6.07) is 13.2. The number of para-hydroxylation sites is 1. The van der Waals surface area contributed by atoms with Crippen LogP contribution in [0.25, 0.3) is 28.2 Å². The Hall–Kier alpha value is -3.48. The predicted octanol–water partition coefficient (Wildman–Crippen LogP) is 3.28. The third-order valence-corrected chi connectivity index (χ3v) is 4.54. The minimum Gasteiger partial charge on any atom is -0.493 e. The van der Waals surface area contributed by atoms with E-state index in [0.29, 0.717) is 40.7 Å². The van der Waals surface area contributed by atoms with Crippen LogP contribution in [0.1, 0.15) is 19.0 Å². The maximum absolute atomic E-state index is 13.1. The van der Waals surface area contributed by atoms with Crippen LogP contribution < -0.4 is 10.3 Å². The molecule has 4 aromatic rings. The van der Waals surface area contributed by atoms with Crippen molar-refractivity contribution in [2.75, 3.05) is 6.61 Å². The zero-order valence-electron chi connectivity index (χ0n) is 16.1. The van der Waals surface area contributed by atoms with E-state index in [1.165, 1.54) is 0 Å². The van der Waals surface area contributed by atoms with Crippen molar-refractivity contribution < 1.29 is 4.74 Å². The first-order valence-electron chi connectivity index (χ1n) is 9.21. The van der Waals surface area contributed by atoms with Crippen molar-refractivity contribution in [2.45, 2.75) is 20.3 Å². The van der Waals surface area contributed by atoms with Gasteiger partial charge in [-0.25, -0.2) is 9.97 Å². The summed E-state index contributed by atoms with van der Waals surface area (Å²) >= 11 is 0. The summed E-state index contributed by atoms with van der Waals surface area (Å²) in [4.78, 5) is 22.3. The molecule has 0 saturated heterocycles. The molecule has 1 aromatic carbocycles. The van der Waals surface area contributed by atoms with Gasteiger partial charge in [0.25, 0.3) is 5.56 Å². The molecule has 7 nitrogen and oxygen atoms in total. The Morgan fingerprint density at radius 1 is 1.11 bits per heavy atom. The lowest BCUT2D eigenvalue weighted by Gasteiger charge is -2.13.